The van der Waals surface area contributed by atoms with E-state index in [1.165, 1.54) is 18.9 Å². The minimum absolute atomic E-state index is 0.0935. The largest absolute Gasteiger partial charge is 0.493 e. The summed E-state index contributed by atoms with van der Waals surface area (Å²) >= 11 is 13.5. The average molecular weight is 474 g/mol. The van der Waals surface area contributed by atoms with Gasteiger partial charge in [0.05, 0.1) is 12.7 Å². The summed E-state index contributed by atoms with van der Waals surface area (Å²) in [6.45, 7) is 2.15. The van der Waals surface area contributed by atoms with E-state index in [1.54, 1.807) is 53.6 Å². The third-order valence-electron chi connectivity index (χ3n) is 4.59. The molecule has 0 bridgehead atoms. The number of amides is 1. The van der Waals surface area contributed by atoms with E-state index < -0.39 is 5.91 Å². The van der Waals surface area contributed by atoms with E-state index in [4.69, 9.17) is 38.1 Å². The van der Waals surface area contributed by atoms with E-state index in [-0.39, 0.29) is 18.0 Å². The molecule has 0 aromatic heterocycles. The highest BCUT2D eigenvalue weighted by atomic mass is 35.5. The Hall–Kier alpha value is -2.74. The Morgan fingerprint density at radius 3 is 2.74 bits per heavy atom. The summed E-state index contributed by atoms with van der Waals surface area (Å²) in [5, 5.41) is 9.98. The topological polar surface area (TPSA) is 75.0 Å². The monoisotopic (exact) mass is 473 g/mol. The second-order valence-corrected chi connectivity index (χ2v) is 8.81. The maximum atomic E-state index is 12.5. The number of allylic oxidation sites excluding steroid dienone is 1. The Bertz CT molecular complexity index is 1190. The summed E-state index contributed by atoms with van der Waals surface area (Å²) < 4.78 is 11.3. The molecule has 0 saturated heterocycles. The van der Waals surface area contributed by atoms with Crippen LogP contribution in [0.1, 0.15) is 18.1 Å². The van der Waals surface area contributed by atoms with E-state index in [9.17, 15) is 4.79 Å². The predicted molar refractivity (Wildman–Crippen MR) is 125 cm³/mol. The van der Waals surface area contributed by atoms with Gasteiger partial charge < -0.3 is 9.47 Å². The van der Waals surface area contributed by atoms with Gasteiger partial charge in [-0.1, -0.05) is 47.1 Å². The van der Waals surface area contributed by atoms with Crippen molar-refractivity contribution in [2.45, 2.75) is 13.5 Å². The summed E-state index contributed by atoms with van der Waals surface area (Å²) in [4.78, 5) is 19.1. The first kappa shape index (κ1) is 21.5. The van der Waals surface area contributed by atoms with Crippen LogP contribution < -0.4 is 9.47 Å². The van der Waals surface area contributed by atoms with Crippen molar-refractivity contribution in [2.75, 3.05) is 7.11 Å². The van der Waals surface area contributed by atoms with Crippen LogP contribution in [0.4, 0.5) is 0 Å². The molecule has 6 nitrogen and oxygen atoms in total. The van der Waals surface area contributed by atoms with Crippen molar-refractivity contribution >= 4 is 58.0 Å². The SMILES string of the molecule is COc1cc(/C=C2\C(=N)N3C=C(C)SC3=NC2=O)ccc1OCc1ccc(Cl)cc1Cl. The van der Waals surface area contributed by atoms with Gasteiger partial charge in [-0.05, 0) is 42.8 Å². The standard InChI is InChI=1S/C22H17Cl2N3O3S/c1-12-10-27-20(25)16(21(28)26-22(27)31-12)7-13-3-6-18(19(8-13)29-2)30-11-14-4-5-15(23)9-17(14)24/h3-10,25H,11H2,1-2H3/b16-7+,25-20?. The Balaban J connectivity index is 1.57. The summed E-state index contributed by atoms with van der Waals surface area (Å²) in [5.74, 6) is 0.668. The number of amidine groups is 2. The molecule has 158 valence electrons. The lowest BCUT2D eigenvalue weighted by Crippen LogP contribution is -2.35. The predicted octanol–water partition coefficient (Wildman–Crippen LogP) is 5.75. The highest BCUT2D eigenvalue weighted by molar-refractivity contribution is 8.17. The number of nitrogens with zero attached hydrogens (tertiary/aromatic N) is 2. The molecule has 1 N–H and O–H groups in total. The van der Waals surface area contributed by atoms with Crippen LogP contribution in [0.2, 0.25) is 10.0 Å². The molecular formula is C22H17Cl2N3O3S. The molecule has 2 aliphatic rings. The third kappa shape index (κ3) is 4.49. The average Bonchev–Trinajstić information content (AvgIpc) is 3.11. The molecule has 0 atom stereocenters. The van der Waals surface area contributed by atoms with Gasteiger partial charge in [-0.2, -0.15) is 4.99 Å². The maximum absolute atomic E-state index is 12.5. The molecule has 0 saturated carbocycles. The normalized spacial score (nSPS) is 16.9. The van der Waals surface area contributed by atoms with Gasteiger partial charge in [0.15, 0.2) is 16.7 Å². The minimum Gasteiger partial charge on any atom is -0.493 e. The van der Waals surface area contributed by atoms with Gasteiger partial charge in [0.1, 0.15) is 12.4 Å². The summed E-state index contributed by atoms with van der Waals surface area (Å²) in [7, 11) is 1.54. The lowest BCUT2D eigenvalue weighted by Gasteiger charge is -2.22. The number of benzene rings is 2. The number of hydrogen-bond donors (Lipinski definition) is 1. The molecule has 0 spiro atoms. The maximum Gasteiger partial charge on any atom is 0.283 e. The highest BCUT2D eigenvalue weighted by Crippen LogP contribution is 2.34. The molecule has 0 unspecified atom stereocenters. The van der Waals surface area contributed by atoms with E-state index in [2.05, 4.69) is 4.99 Å². The van der Waals surface area contributed by atoms with Gasteiger partial charge in [0.25, 0.3) is 5.91 Å². The molecular weight excluding hydrogens is 457 g/mol. The molecule has 2 aliphatic heterocycles. The second kappa shape index (κ2) is 8.78. The lowest BCUT2D eigenvalue weighted by atomic mass is 10.1. The van der Waals surface area contributed by atoms with Gasteiger partial charge >= 0.3 is 0 Å². The highest BCUT2D eigenvalue weighted by Gasteiger charge is 2.32. The quantitative estimate of drug-likeness (QED) is 0.559. The number of halogens is 2. The van der Waals surface area contributed by atoms with E-state index in [1.807, 2.05) is 6.92 Å². The summed E-state index contributed by atoms with van der Waals surface area (Å²) in [6.07, 6.45) is 3.42. The van der Waals surface area contributed by atoms with Crippen molar-refractivity contribution in [1.82, 2.24) is 4.90 Å². The van der Waals surface area contributed by atoms with Crippen LogP contribution in [0.25, 0.3) is 6.08 Å². The van der Waals surface area contributed by atoms with Crippen molar-refractivity contribution in [1.29, 1.82) is 5.41 Å². The Labute approximate surface area is 193 Å². The van der Waals surface area contributed by atoms with E-state index >= 15 is 0 Å². The molecule has 31 heavy (non-hydrogen) atoms. The van der Waals surface area contributed by atoms with Crippen LogP contribution in [0, 0.1) is 5.41 Å². The number of rotatable bonds is 5. The summed E-state index contributed by atoms with van der Waals surface area (Å²) in [5.41, 5.74) is 1.69. The zero-order valence-corrected chi connectivity index (χ0v) is 18.9. The number of carbonyl (C=O) groups excluding carboxylic acids is 1. The molecule has 2 aromatic rings. The molecule has 4 rings (SSSR count). The van der Waals surface area contributed by atoms with Gasteiger partial charge in [-0.3, -0.25) is 15.1 Å². The third-order valence-corrected chi connectivity index (χ3v) is 6.07. The fraction of sp³-hybridized carbons (Fsp3) is 0.136. The van der Waals surface area contributed by atoms with Gasteiger partial charge in [0.2, 0.25) is 0 Å². The first-order valence-corrected chi connectivity index (χ1v) is 10.8. The van der Waals surface area contributed by atoms with Crippen LogP contribution in [0.5, 0.6) is 11.5 Å². The molecule has 2 heterocycles. The Kier molecular flexibility index (Phi) is 6.09. The number of fused-ring (bicyclic) bond motifs is 1. The number of aliphatic imine (C=N–C) groups is 1. The fourth-order valence-electron chi connectivity index (χ4n) is 3.06. The van der Waals surface area contributed by atoms with Crippen molar-refractivity contribution < 1.29 is 14.3 Å². The first-order chi connectivity index (χ1) is 14.9. The number of nitrogens with one attached hydrogen (secondary N) is 1. The van der Waals surface area contributed by atoms with E-state index in [0.717, 1.165) is 10.5 Å². The Morgan fingerprint density at radius 1 is 1.19 bits per heavy atom. The smallest absolute Gasteiger partial charge is 0.283 e. The second-order valence-electron chi connectivity index (χ2n) is 6.75. The Morgan fingerprint density at radius 2 is 2.00 bits per heavy atom. The first-order valence-electron chi connectivity index (χ1n) is 9.19. The zero-order valence-electron chi connectivity index (χ0n) is 16.6. The van der Waals surface area contributed by atoms with Crippen LogP contribution >= 0.6 is 35.0 Å². The molecule has 0 fully saturated rings. The van der Waals surface area contributed by atoms with Crippen LogP contribution in [0.15, 0.2) is 58.1 Å². The molecule has 0 radical (unpaired) electrons. The van der Waals surface area contributed by atoms with E-state index in [0.29, 0.717) is 32.3 Å². The molecule has 2 aromatic carbocycles. The number of ether oxygens (including phenoxy) is 2. The van der Waals surface area contributed by atoms with Gasteiger partial charge in [-0.25, -0.2) is 0 Å². The zero-order chi connectivity index (χ0) is 22.1. The van der Waals surface area contributed by atoms with Crippen molar-refractivity contribution in [2.24, 2.45) is 4.99 Å². The number of carbonyl (C=O) groups is 1. The van der Waals surface area contributed by atoms with Crippen LogP contribution in [0.3, 0.4) is 0 Å². The van der Waals surface area contributed by atoms with Crippen molar-refractivity contribution in [3.05, 3.63) is 74.2 Å². The minimum atomic E-state index is -0.441. The fourth-order valence-corrected chi connectivity index (χ4v) is 4.34. The van der Waals surface area contributed by atoms with Gasteiger partial charge in [-0.15, -0.1) is 0 Å². The lowest BCUT2D eigenvalue weighted by molar-refractivity contribution is -0.114. The molecule has 0 aliphatic carbocycles. The number of hydrogen-bond acceptors (Lipinski definition) is 5. The van der Waals surface area contributed by atoms with Gasteiger partial charge in [0, 0.05) is 26.7 Å². The molecule has 1 amide bonds. The van der Waals surface area contributed by atoms with Crippen LogP contribution in [-0.2, 0) is 11.4 Å². The number of methoxy groups -OCH3 is 1. The summed E-state index contributed by atoms with van der Waals surface area (Å²) in [6, 6.07) is 10.5. The molecule has 9 heteroatoms. The van der Waals surface area contributed by atoms with Crippen molar-refractivity contribution in [3.8, 4) is 11.5 Å². The number of thioether (sulfide) groups is 1. The van der Waals surface area contributed by atoms with Crippen LogP contribution in [-0.4, -0.2) is 28.9 Å². The van der Waals surface area contributed by atoms with Crippen molar-refractivity contribution in [3.63, 3.8) is 0 Å².